The van der Waals surface area contributed by atoms with Crippen LogP contribution in [0.5, 0.6) is 0 Å². The van der Waals surface area contributed by atoms with Crippen LogP contribution >= 0.6 is 0 Å². The number of hydrogen-bond acceptors (Lipinski definition) is 2. The second-order valence-electron chi connectivity index (χ2n) is 10.2. The molecule has 4 saturated carbocycles. The first-order chi connectivity index (χ1) is 15.0. The first-order valence-corrected chi connectivity index (χ1v) is 11.7. The van der Waals surface area contributed by atoms with Gasteiger partial charge in [0.25, 0.3) is 0 Å². The Morgan fingerprint density at radius 1 is 0.742 bits per heavy atom. The van der Waals surface area contributed by atoms with Gasteiger partial charge < -0.3 is 10.6 Å². The molecule has 2 amide bonds. The molecule has 1 atom stereocenters. The summed E-state index contributed by atoms with van der Waals surface area (Å²) >= 11 is 0. The van der Waals surface area contributed by atoms with Crippen molar-refractivity contribution in [2.45, 2.75) is 57.5 Å². The highest BCUT2D eigenvalue weighted by molar-refractivity contribution is 6.35. The smallest absolute Gasteiger partial charge is 0.310 e. The Morgan fingerprint density at radius 2 is 1.16 bits per heavy atom. The van der Waals surface area contributed by atoms with Gasteiger partial charge in [-0.2, -0.15) is 0 Å². The summed E-state index contributed by atoms with van der Waals surface area (Å²) in [5.74, 6) is 1.38. The highest BCUT2D eigenvalue weighted by Gasteiger charge is 2.53. The van der Waals surface area contributed by atoms with E-state index < -0.39 is 11.8 Å². The SMILES string of the molecule is CC(NC(=O)C(=O)NC(c1ccccc1)c1ccccc1)C12CC3CC(CC(C3)C1)C2. The van der Waals surface area contributed by atoms with Crippen LogP contribution < -0.4 is 10.6 Å². The minimum Gasteiger partial charge on any atom is -0.345 e. The maximum absolute atomic E-state index is 12.9. The molecular weight excluding hydrogens is 384 g/mol. The van der Waals surface area contributed by atoms with Crippen LogP contribution in [0.25, 0.3) is 0 Å². The lowest BCUT2D eigenvalue weighted by Gasteiger charge is -2.59. The molecule has 4 heteroatoms. The van der Waals surface area contributed by atoms with E-state index in [4.69, 9.17) is 0 Å². The summed E-state index contributed by atoms with van der Waals surface area (Å²) in [5.41, 5.74) is 2.11. The molecule has 0 spiro atoms. The van der Waals surface area contributed by atoms with E-state index in [2.05, 4.69) is 17.6 Å². The molecule has 0 aromatic heterocycles. The summed E-state index contributed by atoms with van der Waals surface area (Å²) in [6.45, 7) is 2.12. The van der Waals surface area contributed by atoms with Gasteiger partial charge in [0.2, 0.25) is 0 Å². The van der Waals surface area contributed by atoms with E-state index >= 15 is 0 Å². The Kier molecular flexibility index (Phi) is 5.33. The van der Waals surface area contributed by atoms with Gasteiger partial charge in [0.1, 0.15) is 0 Å². The number of carbonyl (C=O) groups excluding carboxylic acids is 2. The molecule has 2 aromatic rings. The predicted octanol–water partition coefficient (Wildman–Crippen LogP) is 4.61. The summed E-state index contributed by atoms with van der Waals surface area (Å²) in [7, 11) is 0. The predicted molar refractivity (Wildman–Crippen MR) is 121 cm³/mol. The Balaban J connectivity index is 1.28. The third kappa shape index (κ3) is 4.00. The monoisotopic (exact) mass is 416 g/mol. The average molecular weight is 417 g/mol. The molecule has 162 valence electrons. The first-order valence-electron chi connectivity index (χ1n) is 11.7. The first kappa shape index (κ1) is 20.3. The zero-order valence-corrected chi connectivity index (χ0v) is 18.2. The molecule has 31 heavy (non-hydrogen) atoms. The normalized spacial score (nSPS) is 29.5. The standard InChI is InChI=1S/C27H32N2O2/c1-18(27-15-19-12-20(16-27)14-21(13-19)17-27)28-25(30)26(31)29-24(22-8-4-2-5-9-22)23-10-6-3-7-11-23/h2-11,18-21,24H,12-17H2,1H3,(H,28,30)(H,29,31). The zero-order valence-electron chi connectivity index (χ0n) is 18.2. The van der Waals surface area contributed by atoms with Crippen LogP contribution in [0, 0.1) is 23.2 Å². The van der Waals surface area contributed by atoms with E-state index in [1.54, 1.807) is 0 Å². The molecule has 4 nitrogen and oxygen atoms in total. The van der Waals surface area contributed by atoms with Crippen molar-refractivity contribution in [1.82, 2.24) is 10.6 Å². The van der Waals surface area contributed by atoms with Crippen LogP contribution in [0.4, 0.5) is 0 Å². The van der Waals surface area contributed by atoms with Crippen molar-refractivity contribution >= 4 is 11.8 Å². The van der Waals surface area contributed by atoms with E-state index in [-0.39, 0.29) is 17.5 Å². The van der Waals surface area contributed by atoms with E-state index in [1.165, 1.54) is 38.5 Å². The molecule has 0 heterocycles. The van der Waals surface area contributed by atoms with Crippen LogP contribution in [0.3, 0.4) is 0 Å². The number of nitrogens with one attached hydrogen (secondary N) is 2. The van der Waals surface area contributed by atoms with Crippen molar-refractivity contribution in [3.63, 3.8) is 0 Å². The second kappa shape index (κ2) is 8.14. The number of benzene rings is 2. The van der Waals surface area contributed by atoms with Crippen molar-refractivity contribution < 1.29 is 9.59 Å². The van der Waals surface area contributed by atoms with Crippen molar-refractivity contribution in [2.24, 2.45) is 23.2 Å². The second-order valence-corrected chi connectivity index (χ2v) is 10.2. The average Bonchev–Trinajstić information content (AvgIpc) is 2.77. The molecule has 4 fully saturated rings. The van der Waals surface area contributed by atoms with Crippen LogP contribution in [0.15, 0.2) is 60.7 Å². The molecule has 6 rings (SSSR count). The maximum atomic E-state index is 12.9. The van der Waals surface area contributed by atoms with Gasteiger partial charge in [-0.25, -0.2) is 0 Å². The van der Waals surface area contributed by atoms with Gasteiger partial charge in [-0.15, -0.1) is 0 Å². The van der Waals surface area contributed by atoms with Crippen molar-refractivity contribution in [3.8, 4) is 0 Å². The Hall–Kier alpha value is -2.62. The topological polar surface area (TPSA) is 58.2 Å². The third-order valence-corrected chi connectivity index (χ3v) is 8.10. The van der Waals surface area contributed by atoms with E-state index in [0.717, 1.165) is 28.9 Å². The van der Waals surface area contributed by atoms with Crippen LogP contribution in [-0.2, 0) is 9.59 Å². The fourth-order valence-corrected chi connectivity index (χ4v) is 6.97. The largest absolute Gasteiger partial charge is 0.345 e. The van der Waals surface area contributed by atoms with Crippen molar-refractivity contribution in [1.29, 1.82) is 0 Å². The van der Waals surface area contributed by atoms with Crippen molar-refractivity contribution in [3.05, 3.63) is 71.8 Å². The van der Waals surface area contributed by atoms with Crippen LogP contribution in [0.2, 0.25) is 0 Å². The number of amides is 2. The van der Waals surface area contributed by atoms with Gasteiger partial charge in [0.15, 0.2) is 0 Å². The summed E-state index contributed by atoms with van der Waals surface area (Å²) in [5, 5.41) is 6.07. The molecule has 1 unspecified atom stereocenters. The van der Waals surface area contributed by atoms with E-state index in [0.29, 0.717) is 0 Å². The summed E-state index contributed by atoms with van der Waals surface area (Å²) in [4.78, 5) is 25.9. The van der Waals surface area contributed by atoms with Gasteiger partial charge >= 0.3 is 11.8 Å². The molecule has 4 aliphatic rings. The lowest BCUT2D eigenvalue weighted by molar-refractivity contribution is -0.141. The Labute approximate surface area is 184 Å². The van der Waals surface area contributed by atoms with Gasteiger partial charge in [0.05, 0.1) is 6.04 Å². The van der Waals surface area contributed by atoms with E-state index in [1.807, 2.05) is 60.7 Å². The molecule has 4 bridgehead atoms. The van der Waals surface area contributed by atoms with E-state index in [9.17, 15) is 9.59 Å². The fraction of sp³-hybridized carbons (Fsp3) is 0.481. The lowest BCUT2D eigenvalue weighted by Crippen LogP contribution is -2.57. The minimum absolute atomic E-state index is 0.0334. The number of rotatable bonds is 5. The van der Waals surface area contributed by atoms with Gasteiger partial charge in [-0.3, -0.25) is 9.59 Å². The highest BCUT2D eigenvalue weighted by atomic mass is 16.2. The van der Waals surface area contributed by atoms with Crippen molar-refractivity contribution in [2.75, 3.05) is 0 Å². The third-order valence-electron chi connectivity index (χ3n) is 8.10. The Bertz CT molecular complexity index is 865. The molecule has 0 aliphatic heterocycles. The summed E-state index contributed by atoms with van der Waals surface area (Å²) < 4.78 is 0. The highest BCUT2D eigenvalue weighted by Crippen LogP contribution is 2.61. The minimum atomic E-state index is -0.561. The quantitative estimate of drug-likeness (QED) is 0.699. The molecule has 2 aromatic carbocycles. The molecule has 4 aliphatic carbocycles. The summed E-state index contributed by atoms with van der Waals surface area (Å²) in [6.07, 6.45) is 7.73. The van der Waals surface area contributed by atoms with Gasteiger partial charge in [-0.1, -0.05) is 60.7 Å². The molecule has 2 N–H and O–H groups in total. The molecule has 0 radical (unpaired) electrons. The maximum Gasteiger partial charge on any atom is 0.310 e. The molecular formula is C27H32N2O2. The molecule has 0 saturated heterocycles. The van der Waals surface area contributed by atoms with Gasteiger partial charge in [0, 0.05) is 6.04 Å². The fourth-order valence-electron chi connectivity index (χ4n) is 6.97. The van der Waals surface area contributed by atoms with Crippen LogP contribution in [-0.4, -0.2) is 17.9 Å². The Morgan fingerprint density at radius 3 is 1.61 bits per heavy atom. The number of hydrogen-bond donors (Lipinski definition) is 2. The summed E-state index contributed by atoms with van der Waals surface area (Å²) in [6, 6.07) is 19.3. The number of carbonyl (C=O) groups is 2. The lowest BCUT2D eigenvalue weighted by atomic mass is 9.48. The van der Waals surface area contributed by atoms with Crippen LogP contribution in [0.1, 0.15) is 62.6 Å². The zero-order chi connectivity index (χ0) is 21.4. The van der Waals surface area contributed by atoms with Gasteiger partial charge in [-0.05, 0) is 79.7 Å².